The van der Waals surface area contributed by atoms with Gasteiger partial charge in [-0.25, -0.2) is 4.39 Å². The molecule has 0 unspecified atom stereocenters. The Morgan fingerprint density at radius 1 is 1.39 bits per heavy atom. The highest BCUT2D eigenvalue weighted by atomic mass is 19.1. The van der Waals surface area contributed by atoms with Crippen LogP contribution in [0.2, 0.25) is 0 Å². The van der Waals surface area contributed by atoms with Crippen LogP contribution in [0.1, 0.15) is 28.8 Å². The highest BCUT2D eigenvalue weighted by Crippen LogP contribution is 2.19. The number of carbonyl (C=O) groups is 2. The van der Waals surface area contributed by atoms with Gasteiger partial charge >= 0.3 is 5.97 Å². The molecule has 1 aromatic carbocycles. The third-order valence-electron chi connectivity index (χ3n) is 3.79. The van der Waals surface area contributed by atoms with E-state index in [0.717, 1.165) is 0 Å². The number of ether oxygens (including phenoxy) is 2. The average Bonchev–Trinajstić information content (AvgIpc) is 2.55. The molecule has 1 heterocycles. The molecule has 1 aromatic rings. The molecular weight excluding hydrogens is 305 g/mol. The Hall–Kier alpha value is -1.99. The number of carboxylic acids is 1. The van der Waals surface area contributed by atoms with E-state index in [1.54, 1.807) is 0 Å². The molecule has 0 aliphatic carbocycles. The molecule has 1 N–H and O–H groups in total. The van der Waals surface area contributed by atoms with Crippen LogP contribution in [-0.2, 0) is 20.9 Å². The zero-order valence-corrected chi connectivity index (χ0v) is 13.0. The molecule has 0 aromatic heterocycles. The van der Waals surface area contributed by atoms with E-state index < -0.39 is 17.7 Å². The van der Waals surface area contributed by atoms with E-state index in [1.807, 2.05) is 0 Å². The SMILES string of the molecule is COCc1cc(C(=O)N(CC(=O)O)C2CCOCC2)ccc1F. The minimum absolute atomic E-state index is 0.0448. The van der Waals surface area contributed by atoms with Gasteiger partial charge in [0.1, 0.15) is 12.4 Å². The van der Waals surface area contributed by atoms with Gasteiger partial charge < -0.3 is 19.5 Å². The third kappa shape index (κ3) is 4.49. The molecule has 1 amide bonds. The van der Waals surface area contributed by atoms with Crippen molar-refractivity contribution in [2.24, 2.45) is 0 Å². The number of hydrogen-bond donors (Lipinski definition) is 1. The predicted molar refractivity (Wildman–Crippen MR) is 79.6 cm³/mol. The maximum atomic E-state index is 13.7. The van der Waals surface area contributed by atoms with Gasteiger partial charge in [-0.15, -0.1) is 0 Å². The Balaban J connectivity index is 2.25. The minimum Gasteiger partial charge on any atom is -0.480 e. The smallest absolute Gasteiger partial charge is 0.323 e. The van der Waals surface area contributed by atoms with Gasteiger partial charge in [0.25, 0.3) is 5.91 Å². The van der Waals surface area contributed by atoms with Gasteiger partial charge in [0, 0.05) is 37.5 Å². The molecule has 0 atom stereocenters. The second kappa shape index (κ2) is 8.03. The second-order valence-corrected chi connectivity index (χ2v) is 5.41. The van der Waals surface area contributed by atoms with Crippen molar-refractivity contribution in [2.45, 2.75) is 25.5 Å². The van der Waals surface area contributed by atoms with Gasteiger partial charge in [-0.3, -0.25) is 9.59 Å². The normalized spacial score (nSPS) is 15.4. The van der Waals surface area contributed by atoms with E-state index in [9.17, 15) is 14.0 Å². The molecule has 2 rings (SSSR count). The van der Waals surface area contributed by atoms with Gasteiger partial charge in [0.05, 0.1) is 6.61 Å². The lowest BCUT2D eigenvalue weighted by molar-refractivity contribution is -0.138. The summed E-state index contributed by atoms with van der Waals surface area (Å²) in [5.74, 6) is -1.96. The van der Waals surface area contributed by atoms with Crippen LogP contribution < -0.4 is 0 Å². The number of hydrogen-bond acceptors (Lipinski definition) is 4. The summed E-state index contributed by atoms with van der Waals surface area (Å²) in [5, 5.41) is 9.09. The van der Waals surface area contributed by atoms with Crippen molar-refractivity contribution in [2.75, 3.05) is 26.9 Å². The first-order valence-electron chi connectivity index (χ1n) is 7.40. The summed E-state index contributed by atoms with van der Waals surface area (Å²) < 4.78 is 23.8. The number of aliphatic carboxylic acids is 1. The number of nitrogens with zero attached hydrogens (tertiary/aromatic N) is 1. The van der Waals surface area contributed by atoms with E-state index in [4.69, 9.17) is 14.6 Å². The summed E-state index contributed by atoms with van der Waals surface area (Å²) in [6.07, 6.45) is 1.18. The fraction of sp³-hybridized carbons (Fsp3) is 0.500. The standard InChI is InChI=1S/C16H20FNO5/c1-22-10-12-8-11(2-3-14(12)17)16(21)18(9-15(19)20)13-4-6-23-7-5-13/h2-3,8,13H,4-7,9-10H2,1H3,(H,19,20). The molecular formula is C16H20FNO5. The van der Waals surface area contributed by atoms with Crippen molar-refractivity contribution < 1.29 is 28.6 Å². The van der Waals surface area contributed by atoms with E-state index in [1.165, 1.54) is 30.2 Å². The zero-order chi connectivity index (χ0) is 16.8. The Bertz CT molecular complexity index is 572. The summed E-state index contributed by atoms with van der Waals surface area (Å²) in [4.78, 5) is 25.1. The van der Waals surface area contributed by atoms with Crippen molar-refractivity contribution in [3.8, 4) is 0 Å². The average molecular weight is 325 g/mol. The van der Waals surface area contributed by atoms with Crippen LogP contribution in [0.5, 0.6) is 0 Å². The molecule has 1 saturated heterocycles. The first kappa shape index (κ1) is 17.4. The lowest BCUT2D eigenvalue weighted by Gasteiger charge is -2.33. The van der Waals surface area contributed by atoms with Crippen LogP contribution in [0.4, 0.5) is 4.39 Å². The number of methoxy groups -OCH3 is 1. The van der Waals surface area contributed by atoms with Gasteiger partial charge in [0.2, 0.25) is 0 Å². The van der Waals surface area contributed by atoms with Gasteiger partial charge in [-0.05, 0) is 31.0 Å². The lowest BCUT2D eigenvalue weighted by atomic mass is 10.0. The molecule has 1 fully saturated rings. The van der Waals surface area contributed by atoms with Crippen LogP contribution in [-0.4, -0.2) is 54.8 Å². The first-order chi connectivity index (χ1) is 11.0. The molecule has 1 aliphatic heterocycles. The quantitative estimate of drug-likeness (QED) is 0.861. The predicted octanol–water partition coefficient (Wildman–Crippen LogP) is 1.68. The van der Waals surface area contributed by atoms with Crippen molar-refractivity contribution in [3.05, 3.63) is 35.1 Å². The molecule has 0 spiro atoms. The zero-order valence-electron chi connectivity index (χ0n) is 13.0. The van der Waals surface area contributed by atoms with Crippen LogP contribution >= 0.6 is 0 Å². The molecule has 7 heteroatoms. The van der Waals surface area contributed by atoms with Crippen LogP contribution in [0.25, 0.3) is 0 Å². The van der Waals surface area contributed by atoms with Crippen molar-refractivity contribution in [1.29, 1.82) is 0 Å². The minimum atomic E-state index is -1.08. The van der Waals surface area contributed by atoms with E-state index >= 15 is 0 Å². The van der Waals surface area contributed by atoms with E-state index in [2.05, 4.69) is 0 Å². The molecule has 6 nitrogen and oxygen atoms in total. The molecule has 0 radical (unpaired) electrons. The molecule has 1 aliphatic rings. The largest absolute Gasteiger partial charge is 0.480 e. The summed E-state index contributed by atoms with van der Waals surface area (Å²) >= 11 is 0. The fourth-order valence-corrected chi connectivity index (χ4v) is 2.65. The van der Waals surface area contributed by atoms with Crippen molar-refractivity contribution >= 4 is 11.9 Å². The lowest BCUT2D eigenvalue weighted by Crippen LogP contribution is -2.46. The number of benzene rings is 1. The second-order valence-electron chi connectivity index (χ2n) is 5.41. The Labute approximate surface area is 133 Å². The number of rotatable bonds is 6. The fourth-order valence-electron chi connectivity index (χ4n) is 2.65. The van der Waals surface area contributed by atoms with Crippen molar-refractivity contribution in [1.82, 2.24) is 4.90 Å². The van der Waals surface area contributed by atoms with Gasteiger partial charge in [-0.2, -0.15) is 0 Å². The number of amides is 1. The maximum Gasteiger partial charge on any atom is 0.323 e. The van der Waals surface area contributed by atoms with E-state index in [0.29, 0.717) is 26.1 Å². The molecule has 126 valence electrons. The Morgan fingerprint density at radius 2 is 2.09 bits per heavy atom. The maximum absolute atomic E-state index is 13.7. The number of carboxylic acid groups (broad SMARTS) is 1. The van der Waals surface area contributed by atoms with Crippen molar-refractivity contribution in [3.63, 3.8) is 0 Å². The highest BCUT2D eigenvalue weighted by molar-refractivity contribution is 5.96. The Morgan fingerprint density at radius 3 is 2.70 bits per heavy atom. The van der Waals surface area contributed by atoms with Gasteiger partial charge in [-0.1, -0.05) is 0 Å². The monoisotopic (exact) mass is 325 g/mol. The Kier molecular flexibility index (Phi) is 6.06. The van der Waals surface area contributed by atoms with Crippen LogP contribution in [0.3, 0.4) is 0 Å². The molecule has 0 saturated carbocycles. The number of carbonyl (C=O) groups excluding carboxylic acids is 1. The summed E-state index contributed by atoms with van der Waals surface area (Å²) in [5.41, 5.74) is 0.520. The van der Waals surface area contributed by atoms with Gasteiger partial charge in [0.15, 0.2) is 0 Å². The summed E-state index contributed by atoms with van der Waals surface area (Å²) in [6.45, 7) is 0.641. The number of halogens is 1. The summed E-state index contributed by atoms with van der Waals surface area (Å²) in [6, 6.07) is 3.79. The first-order valence-corrected chi connectivity index (χ1v) is 7.40. The molecule has 0 bridgehead atoms. The molecule has 23 heavy (non-hydrogen) atoms. The highest BCUT2D eigenvalue weighted by Gasteiger charge is 2.28. The third-order valence-corrected chi connectivity index (χ3v) is 3.79. The topological polar surface area (TPSA) is 76.1 Å². The van der Waals surface area contributed by atoms with Crippen LogP contribution in [0, 0.1) is 5.82 Å². The summed E-state index contributed by atoms with van der Waals surface area (Å²) in [7, 11) is 1.44. The van der Waals surface area contributed by atoms with Crippen LogP contribution in [0.15, 0.2) is 18.2 Å². The van der Waals surface area contributed by atoms with E-state index in [-0.39, 0.29) is 30.3 Å².